The first kappa shape index (κ1) is 14.9. The van der Waals surface area contributed by atoms with Gasteiger partial charge in [0.25, 0.3) is 0 Å². The fourth-order valence-electron chi connectivity index (χ4n) is 2.22. The number of para-hydroxylation sites is 2. The normalized spacial score (nSPS) is 10.7. The van der Waals surface area contributed by atoms with Crippen LogP contribution in [0.5, 0.6) is 0 Å². The largest absolute Gasteiger partial charge is 0.567 e. The quantitative estimate of drug-likeness (QED) is 0.627. The molecular formula is C16H20BN2P-. The molecule has 0 amide bonds. The van der Waals surface area contributed by atoms with E-state index in [4.69, 9.17) is 7.57 Å². The number of benzene rings is 2. The third-order valence-corrected chi connectivity index (χ3v) is 5.04. The van der Waals surface area contributed by atoms with Crippen molar-refractivity contribution in [3.63, 3.8) is 0 Å². The fourth-order valence-corrected chi connectivity index (χ4v) is 4.02. The van der Waals surface area contributed by atoms with Crippen LogP contribution in [-0.2, 0) is 0 Å². The summed E-state index contributed by atoms with van der Waals surface area (Å²) in [6.45, 7) is 0. The van der Waals surface area contributed by atoms with E-state index in [1.807, 2.05) is 0 Å². The van der Waals surface area contributed by atoms with Gasteiger partial charge < -0.3 is 25.2 Å². The Morgan fingerprint density at radius 2 is 1.05 bits per heavy atom. The first-order chi connectivity index (χ1) is 9.52. The van der Waals surface area contributed by atoms with Crippen molar-refractivity contribution in [2.45, 2.75) is 0 Å². The Kier molecular flexibility index (Phi) is 4.72. The first-order valence-corrected chi connectivity index (χ1v) is 8.01. The van der Waals surface area contributed by atoms with Gasteiger partial charge in [0.15, 0.2) is 0 Å². The van der Waals surface area contributed by atoms with Gasteiger partial charge >= 0.3 is 0 Å². The molecule has 0 aromatic heterocycles. The highest BCUT2D eigenvalue weighted by Gasteiger charge is 2.08. The van der Waals surface area contributed by atoms with Crippen molar-refractivity contribution in [2.24, 2.45) is 0 Å². The predicted octanol–water partition coefficient (Wildman–Crippen LogP) is 2.33. The molecule has 2 nitrogen and oxygen atoms in total. The molecule has 0 N–H and O–H groups in total. The van der Waals surface area contributed by atoms with E-state index >= 15 is 0 Å². The second-order valence-electron chi connectivity index (χ2n) is 5.14. The van der Waals surface area contributed by atoms with Gasteiger partial charge in [-0.2, -0.15) is 0 Å². The number of rotatable bonds is 4. The fraction of sp³-hybridized carbons (Fsp3) is 0.250. The summed E-state index contributed by atoms with van der Waals surface area (Å²) in [4.78, 5) is 4.24. The van der Waals surface area contributed by atoms with Crippen LogP contribution in [0.3, 0.4) is 0 Å². The van der Waals surface area contributed by atoms with E-state index in [9.17, 15) is 0 Å². The van der Waals surface area contributed by atoms with Gasteiger partial charge in [0.2, 0.25) is 0 Å². The van der Waals surface area contributed by atoms with Crippen molar-refractivity contribution in [1.82, 2.24) is 0 Å². The number of hydrogen-bond acceptors (Lipinski definition) is 2. The lowest BCUT2D eigenvalue weighted by atomic mass is 10.3. The molecule has 0 spiro atoms. The smallest absolute Gasteiger partial charge is 0.0405 e. The minimum atomic E-state index is -0.861. The van der Waals surface area contributed by atoms with E-state index < -0.39 is 7.80 Å². The van der Waals surface area contributed by atoms with Crippen LogP contribution in [0.15, 0.2) is 48.5 Å². The van der Waals surface area contributed by atoms with Crippen molar-refractivity contribution < 1.29 is 0 Å². The molecule has 2 aromatic carbocycles. The molecule has 0 aliphatic carbocycles. The lowest BCUT2D eigenvalue weighted by Gasteiger charge is -2.35. The van der Waals surface area contributed by atoms with Gasteiger partial charge in [0.05, 0.1) is 0 Å². The van der Waals surface area contributed by atoms with Crippen LogP contribution in [0.2, 0.25) is 0 Å². The zero-order valence-corrected chi connectivity index (χ0v) is 13.4. The number of anilines is 2. The summed E-state index contributed by atoms with van der Waals surface area (Å²) < 4.78 is 0. The zero-order chi connectivity index (χ0) is 14.7. The van der Waals surface area contributed by atoms with Crippen LogP contribution >= 0.6 is 7.80 Å². The monoisotopic (exact) mass is 282 g/mol. The summed E-state index contributed by atoms with van der Waals surface area (Å²) >= 11 is 0. The standard InChI is InChI=1S/C16H20BN2P/c1-18(2)13-9-5-7-11-15(13)20(17)16-12-8-6-10-14(16)19(3)4/h5-12H,1-4H3/q-1. The molecule has 3 radical (unpaired) electrons. The Morgan fingerprint density at radius 3 is 1.40 bits per heavy atom. The van der Waals surface area contributed by atoms with E-state index in [2.05, 4.69) is 86.5 Å². The molecule has 0 saturated carbocycles. The van der Waals surface area contributed by atoms with Crippen LogP contribution in [0, 0.1) is 0 Å². The van der Waals surface area contributed by atoms with Gasteiger partial charge in [-0.05, 0) is 22.7 Å². The van der Waals surface area contributed by atoms with E-state index in [1.54, 1.807) is 0 Å². The molecule has 0 aliphatic heterocycles. The molecule has 0 aliphatic rings. The molecule has 0 fully saturated rings. The Bertz CT molecular complexity index is 533. The predicted molar refractivity (Wildman–Crippen MR) is 93.5 cm³/mol. The number of hydrogen-bond donors (Lipinski definition) is 0. The highest BCUT2D eigenvalue weighted by atomic mass is 31.1. The molecule has 0 heterocycles. The molecule has 2 rings (SSSR count). The van der Waals surface area contributed by atoms with Crippen LogP contribution < -0.4 is 20.4 Å². The lowest BCUT2D eigenvalue weighted by molar-refractivity contribution is 1.14. The molecule has 0 bridgehead atoms. The van der Waals surface area contributed by atoms with Gasteiger partial charge in [-0.3, -0.25) is 0 Å². The first-order valence-electron chi connectivity index (χ1n) is 6.60. The van der Waals surface area contributed by atoms with E-state index in [1.165, 1.54) is 22.0 Å². The van der Waals surface area contributed by atoms with Gasteiger partial charge in [-0.15, -0.1) is 0 Å². The molecule has 4 heteroatoms. The molecular weight excluding hydrogens is 262 g/mol. The van der Waals surface area contributed by atoms with Crippen molar-refractivity contribution in [2.75, 3.05) is 38.0 Å². The highest BCUT2D eigenvalue weighted by molar-refractivity contribution is 7.94. The summed E-state index contributed by atoms with van der Waals surface area (Å²) in [6.07, 6.45) is 0. The van der Waals surface area contributed by atoms with Crippen LogP contribution in [0.1, 0.15) is 0 Å². The van der Waals surface area contributed by atoms with Gasteiger partial charge in [-0.25, -0.2) is 0 Å². The van der Waals surface area contributed by atoms with Crippen molar-refractivity contribution in [3.8, 4) is 0 Å². The maximum Gasteiger partial charge on any atom is 0.0405 e. The summed E-state index contributed by atoms with van der Waals surface area (Å²) in [6, 6.07) is 16.7. The average Bonchev–Trinajstić information content (AvgIpc) is 2.46. The minimum Gasteiger partial charge on any atom is -0.567 e. The SMILES string of the molecule is [B-]P(c1ccccc1N(C)C)c1ccccc1N(C)C. The van der Waals surface area contributed by atoms with Crippen molar-refractivity contribution in [3.05, 3.63) is 48.5 Å². The number of nitrogens with zero attached hydrogens (tertiary/aromatic N) is 2. The summed E-state index contributed by atoms with van der Waals surface area (Å²) in [5, 5.41) is 2.42. The molecule has 20 heavy (non-hydrogen) atoms. The van der Waals surface area contributed by atoms with Crippen molar-refractivity contribution in [1.29, 1.82) is 0 Å². The Morgan fingerprint density at radius 1 is 0.700 bits per heavy atom. The maximum absolute atomic E-state index is 6.60. The van der Waals surface area contributed by atoms with Gasteiger partial charge in [-0.1, -0.05) is 36.4 Å². The molecule has 0 unspecified atom stereocenters. The summed E-state index contributed by atoms with van der Waals surface area (Å²) in [7, 11) is 14.0. The third-order valence-electron chi connectivity index (χ3n) is 3.25. The molecule has 0 atom stereocenters. The average molecular weight is 282 g/mol. The summed E-state index contributed by atoms with van der Waals surface area (Å²) in [5.74, 6) is 0. The van der Waals surface area contributed by atoms with E-state index in [0.717, 1.165) is 0 Å². The second-order valence-corrected chi connectivity index (χ2v) is 6.84. The molecule has 0 saturated heterocycles. The van der Waals surface area contributed by atoms with Crippen LogP contribution in [0.4, 0.5) is 11.4 Å². The van der Waals surface area contributed by atoms with E-state index in [0.29, 0.717) is 0 Å². The van der Waals surface area contributed by atoms with Crippen LogP contribution in [0.25, 0.3) is 0 Å². The Labute approximate surface area is 124 Å². The molecule has 103 valence electrons. The van der Waals surface area contributed by atoms with E-state index in [-0.39, 0.29) is 0 Å². The lowest BCUT2D eigenvalue weighted by Crippen LogP contribution is -2.24. The van der Waals surface area contributed by atoms with Crippen molar-refractivity contribution >= 4 is 37.3 Å². The Hall–Kier alpha value is -1.47. The second kappa shape index (κ2) is 6.32. The van der Waals surface area contributed by atoms with Gasteiger partial charge in [0.1, 0.15) is 0 Å². The Balaban J connectivity index is 2.50. The van der Waals surface area contributed by atoms with Crippen LogP contribution in [-0.4, -0.2) is 35.8 Å². The third kappa shape index (κ3) is 2.99. The summed E-state index contributed by atoms with van der Waals surface area (Å²) in [5.41, 5.74) is 2.38. The maximum atomic E-state index is 6.60. The topological polar surface area (TPSA) is 6.48 Å². The highest BCUT2D eigenvalue weighted by Crippen LogP contribution is 2.35. The van der Waals surface area contributed by atoms with Gasteiger partial charge in [0, 0.05) is 39.6 Å². The minimum absolute atomic E-state index is 0.861. The zero-order valence-electron chi connectivity index (χ0n) is 12.5. The molecule has 2 aromatic rings.